The summed E-state index contributed by atoms with van der Waals surface area (Å²) in [6.07, 6.45) is 2.56. The summed E-state index contributed by atoms with van der Waals surface area (Å²) in [5.74, 6) is 0. The molecule has 0 atom stereocenters. The minimum atomic E-state index is 0.343. The first-order valence-corrected chi connectivity index (χ1v) is 6.81. The minimum Gasteiger partial charge on any atom is -0.371 e. The van der Waals surface area contributed by atoms with E-state index in [1.165, 1.54) is 25.9 Å². The standard InChI is InChI=1S/C16H23N/c1-15(2)8-10-17-11-9-16(3,4)13-7-5-6-12(15)14(13)17/h5-7H,8-11H2,1-4H3. The van der Waals surface area contributed by atoms with E-state index in [2.05, 4.69) is 50.8 Å². The molecule has 0 spiro atoms. The maximum atomic E-state index is 2.61. The van der Waals surface area contributed by atoms with Gasteiger partial charge in [0.2, 0.25) is 0 Å². The number of nitrogens with zero attached hydrogens (tertiary/aromatic N) is 1. The van der Waals surface area contributed by atoms with Crippen LogP contribution >= 0.6 is 0 Å². The Morgan fingerprint density at radius 1 is 0.882 bits per heavy atom. The molecule has 0 radical (unpaired) electrons. The molecule has 0 aromatic heterocycles. The van der Waals surface area contributed by atoms with Gasteiger partial charge in [-0.05, 0) is 34.8 Å². The van der Waals surface area contributed by atoms with Gasteiger partial charge >= 0.3 is 0 Å². The molecule has 17 heavy (non-hydrogen) atoms. The molecule has 0 amide bonds. The molecule has 0 aliphatic carbocycles. The fraction of sp³-hybridized carbons (Fsp3) is 0.625. The molecule has 1 nitrogen and oxygen atoms in total. The van der Waals surface area contributed by atoms with Crippen molar-refractivity contribution in [3.05, 3.63) is 29.3 Å². The Labute approximate surface area is 105 Å². The van der Waals surface area contributed by atoms with Crippen LogP contribution in [0.5, 0.6) is 0 Å². The molecule has 1 heteroatoms. The zero-order valence-electron chi connectivity index (χ0n) is 11.5. The highest BCUT2D eigenvalue weighted by Gasteiger charge is 2.39. The van der Waals surface area contributed by atoms with Gasteiger partial charge in [-0.3, -0.25) is 0 Å². The van der Waals surface area contributed by atoms with E-state index in [0.29, 0.717) is 10.8 Å². The van der Waals surface area contributed by atoms with Crippen molar-refractivity contribution in [2.45, 2.75) is 51.4 Å². The molecule has 0 fully saturated rings. The Kier molecular flexibility index (Phi) is 2.14. The highest BCUT2D eigenvalue weighted by Crippen LogP contribution is 2.48. The maximum absolute atomic E-state index is 2.61. The van der Waals surface area contributed by atoms with Crippen LogP contribution in [0.25, 0.3) is 0 Å². The molecule has 0 N–H and O–H groups in total. The van der Waals surface area contributed by atoms with Crippen molar-refractivity contribution < 1.29 is 0 Å². The lowest BCUT2D eigenvalue weighted by molar-refractivity contribution is 0.401. The van der Waals surface area contributed by atoms with Crippen molar-refractivity contribution >= 4 is 5.69 Å². The fourth-order valence-corrected chi connectivity index (χ4v) is 3.41. The Hall–Kier alpha value is -0.980. The van der Waals surface area contributed by atoms with E-state index < -0.39 is 0 Å². The molecule has 2 aliphatic rings. The van der Waals surface area contributed by atoms with E-state index >= 15 is 0 Å². The highest BCUT2D eigenvalue weighted by molar-refractivity contribution is 5.67. The van der Waals surface area contributed by atoms with Crippen LogP contribution in [0.2, 0.25) is 0 Å². The third-order valence-electron chi connectivity index (χ3n) is 4.82. The number of anilines is 1. The normalized spacial score (nSPS) is 24.4. The molecule has 3 rings (SSSR count). The quantitative estimate of drug-likeness (QED) is 0.653. The molecule has 1 aromatic rings. The van der Waals surface area contributed by atoms with E-state index in [1.807, 2.05) is 0 Å². The Morgan fingerprint density at radius 2 is 1.35 bits per heavy atom. The van der Waals surface area contributed by atoms with E-state index in [9.17, 15) is 0 Å². The van der Waals surface area contributed by atoms with Gasteiger partial charge in [0.1, 0.15) is 0 Å². The average Bonchev–Trinajstić information content (AvgIpc) is 2.27. The number of hydrogen-bond donors (Lipinski definition) is 0. The van der Waals surface area contributed by atoms with Crippen LogP contribution in [-0.4, -0.2) is 13.1 Å². The third kappa shape index (κ3) is 1.51. The first-order chi connectivity index (χ1) is 7.92. The van der Waals surface area contributed by atoms with Gasteiger partial charge in [-0.1, -0.05) is 45.9 Å². The second-order valence-corrected chi connectivity index (χ2v) is 6.96. The summed E-state index contributed by atoms with van der Waals surface area (Å²) in [5, 5.41) is 0. The van der Waals surface area contributed by atoms with E-state index in [4.69, 9.17) is 0 Å². The van der Waals surface area contributed by atoms with Crippen LogP contribution in [0.15, 0.2) is 18.2 Å². The highest BCUT2D eigenvalue weighted by atomic mass is 15.2. The maximum Gasteiger partial charge on any atom is 0.0442 e. The van der Waals surface area contributed by atoms with Gasteiger partial charge < -0.3 is 4.90 Å². The molecular weight excluding hydrogens is 206 g/mol. The zero-order chi connectivity index (χ0) is 12.3. The topological polar surface area (TPSA) is 3.24 Å². The molecular formula is C16H23N. The largest absolute Gasteiger partial charge is 0.371 e. The van der Waals surface area contributed by atoms with Crippen molar-refractivity contribution in [2.24, 2.45) is 0 Å². The molecule has 0 bridgehead atoms. The van der Waals surface area contributed by atoms with Gasteiger partial charge in [-0.2, -0.15) is 0 Å². The molecule has 92 valence electrons. The van der Waals surface area contributed by atoms with Gasteiger partial charge in [0.25, 0.3) is 0 Å². The minimum absolute atomic E-state index is 0.343. The second kappa shape index (κ2) is 3.28. The van der Waals surface area contributed by atoms with Crippen LogP contribution in [0.3, 0.4) is 0 Å². The number of hydrogen-bond acceptors (Lipinski definition) is 1. The van der Waals surface area contributed by atoms with Crippen molar-refractivity contribution in [3.8, 4) is 0 Å². The lowest BCUT2D eigenvalue weighted by Gasteiger charge is -2.48. The molecule has 0 saturated heterocycles. The molecule has 0 saturated carbocycles. The van der Waals surface area contributed by atoms with E-state index in [1.54, 1.807) is 16.8 Å². The van der Waals surface area contributed by atoms with Crippen LogP contribution in [0.4, 0.5) is 5.69 Å². The number of benzene rings is 1. The van der Waals surface area contributed by atoms with Crippen molar-refractivity contribution in [1.29, 1.82) is 0 Å². The zero-order valence-corrected chi connectivity index (χ0v) is 11.5. The van der Waals surface area contributed by atoms with Crippen LogP contribution in [-0.2, 0) is 10.8 Å². The molecule has 1 aromatic carbocycles. The van der Waals surface area contributed by atoms with Crippen LogP contribution < -0.4 is 4.90 Å². The van der Waals surface area contributed by atoms with E-state index in [-0.39, 0.29) is 0 Å². The molecule has 0 unspecified atom stereocenters. The summed E-state index contributed by atoms with van der Waals surface area (Å²) in [5.41, 5.74) is 5.37. The Balaban J connectivity index is 2.26. The lowest BCUT2D eigenvalue weighted by atomic mass is 9.70. The van der Waals surface area contributed by atoms with Crippen LogP contribution in [0.1, 0.15) is 51.7 Å². The summed E-state index contributed by atoms with van der Waals surface area (Å²) in [7, 11) is 0. The predicted octanol–water partition coefficient (Wildman–Crippen LogP) is 3.86. The lowest BCUT2D eigenvalue weighted by Crippen LogP contribution is -2.44. The van der Waals surface area contributed by atoms with Gasteiger partial charge in [-0.15, -0.1) is 0 Å². The van der Waals surface area contributed by atoms with Gasteiger partial charge in [0.15, 0.2) is 0 Å². The summed E-state index contributed by atoms with van der Waals surface area (Å²) in [6, 6.07) is 6.94. The Bertz CT molecular complexity index is 418. The van der Waals surface area contributed by atoms with Crippen LogP contribution in [0, 0.1) is 0 Å². The SMILES string of the molecule is CC1(C)CCN2CCC(C)(C)c3cccc1c32. The summed E-state index contributed by atoms with van der Waals surface area (Å²) >= 11 is 0. The third-order valence-corrected chi connectivity index (χ3v) is 4.82. The summed E-state index contributed by atoms with van der Waals surface area (Å²) < 4.78 is 0. The van der Waals surface area contributed by atoms with Gasteiger partial charge in [0.05, 0.1) is 0 Å². The first-order valence-electron chi connectivity index (χ1n) is 6.81. The number of rotatable bonds is 0. The molecule has 2 heterocycles. The summed E-state index contributed by atoms with van der Waals surface area (Å²) in [4.78, 5) is 2.61. The van der Waals surface area contributed by atoms with Crippen molar-refractivity contribution in [3.63, 3.8) is 0 Å². The van der Waals surface area contributed by atoms with E-state index in [0.717, 1.165) is 0 Å². The average molecular weight is 229 g/mol. The summed E-state index contributed by atoms with van der Waals surface area (Å²) in [6.45, 7) is 12.0. The number of para-hydroxylation sites is 1. The Morgan fingerprint density at radius 3 is 1.82 bits per heavy atom. The van der Waals surface area contributed by atoms with Gasteiger partial charge in [-0.25, -0.2) is 0 Å². The monoisotopic (exact) mass is 229 g/mol. The predicted molar refractivity (Wildman–Crippen MR) is 73.9 cm³/mol. The van der Waals surface area contributed by atoms with Crippen molar-refractivity contribution in [1.82, 2.24) is 0 Å². The second-order valence-electron chi connectivity index (χ2n) is 6.96. The fourth-order valence-electron chi connectivity index (χ4n) is 3.41. The molecule has 2 aliphatic heterocycles. The smallest absolute Gasteiger partial charge is 0.0442 e. The van der Waals surface area contributed by atoms with Crippen molar-refractivity contribution in [2.75, 3.05) is 18.0 Å². The first kappa shape index (κ1) is 11.1. The van der Waals surface area contributed by atoms with Gasteiger partial charge in [0, 0.05) is 18.8 Å².